The van der Waals surface area contributed by atoms with Crippen LogP contribution in [0.1, 0.15) is 40.3 Å². The summed E-state index contributed by atoms with van der Waals surface area (Å²) in [7, 11) is -4.28. The van der Waals surface area contributed by atoms with Gasteiger partial charge in [0.1, 0.15) is 28.6 Å². The van der Waals surface area contributed by atoms with Crippen LogP contribution in [0.3, 0.4) is 0 Å². The molecule has 1 saturated heterocycles. The zero-order chi connectivity index (χ0) is 27.2. The van der Waals surface area contributed by atoms with E-state index in [1.165, 1.54) is 26.0 Å². The molecule has 13 nitrogen and oxygen atoms in total. The highest BCUT2D eigenvalue weighted by atomic mass is 31.2. The second-order valence-corrected chi connectivity index (χ2v) is 11.4. The van der Waals surface area contributed by atoms with Crippen molar-refractivity contribution in [1.29, 1.82) is 0 Å². The number of benzene rings is 1. The maximum Gasteiger partial charge on any atom is 0.459 e. The molecule has 2 heterocycles. The first kappa shape index (κ1) is 27.2. The van der Waals surface area contributed by atoms with Crippen molar-refractivity contribution < 1.29 is 38.1 Å². The number of para-hydroxylation sites is 1. The van der Waals surface area contributed by atoms with Gasteiger partial charge in [-0.25, -0.2) is 9.36 Å². The van der Waals surface area contributed by atoms with Gasteiger partial charge in [-0.2, -0.15) is 5.09 Å². The molecule has 37 heavy (non-hydrogen) atoms. The lowest BCUT2D eigenvalue weighted by molar-refractivity contribution is -0.149. The van der Waals surface area contributed by atoms with Crippen LogP contribution in [0, 0.1) is 0 Å². The number of ether oxygens (including phenoxy) is 2. The maximum atomic E-state index is 13.8. The van der Waals surface area contributed by atoms with Gasteiger partial charge < -0.3 is 24.2 Å². The van der Waals surface area contributed by atoms with Crippen molar-refractivity contribution in [1.82, 2.24) is 14.6 Å². The van der Waals surface area contributed by atoms with Gasteiger partial charge in [-0.1, -0.05) is 18.2 Å². The van der Waals surface area contributed by atoms with Gasteiger partial charge in [-0.05, 0) is 39.8 Å². The number of esters is 1. The molecule has 1 aliphatic heterocycles. The maximum absolute atomic E-state index is 13.8. The summed E-state index contributed by atoms with van der Waals surface area (Å²) in [5, 5.41) is 24.9. The number of aromatic nitrogens is 2. The highest BCUT2D eigenvalue weighted by molar-refractivity contribution is 7.52. The number of nitrogens with zero attached hydrogens (tertiary/aromatic N) is 1. The summed E-state index contributed by atoms with van der Waals surface area (Å²) < 4.78 is 37.0. The predicted molar refractivity (Wildman–Crippen MR) is 129 cm³/mol. The zero-order valence-corrected chi connectivity index (χ0v) is 21.6. The third-order valence-corrected chi connectivity index (χ3v) is 8.05. The number of hydrogen-bond donors (Lipinski definition) is 4. The average molecular weight is 539 g/mol. The van der Waals surface area contributed by atoms with Crippen LogP contribution >= 0.6 is 7.75 Å². The molecule has 0 radical (unpaired) electrons. The number of aliphatic hydroxyl groups is 2. The van der Waals surface area contributed by atoms with Crippen molar-refractivity contribution in [3.63, 3.8) is 0 Å². The van der Waals surface area contributed by atoms with Crippen LogP contribution < -0.4 is 20.9 Å². The number of H-pyrrole nitrogens is 1. The van der Waals surface area contributed by atoms with Crippen LogP contribution in [0.15, 0.2) is 52.2 Å². The van der Waals surface area contributed by atoms with E-state index < -0.39 is 66.7 Å². The Bertz CT molecular complexity index is 1330. The first-order valence-electron chi connectivity index (χ1n) is 11.6. The zero-order valence-electron chi connectivity index (χ0n) is 20.7. The van der Waals surface area contributed by atoms with E-state index in [9.17, 15) is 29.2 Å². The summed E-state index contributed by atoms with van der Waals surface area (Å²) in [5.74, 6) is -0.502. The molecule has 1 aromatic carbocycles. The van der Waals surface area contributed by atoms with E-state index in [0.29, 0.717) is 0 Å². The molecule has 6 atom stereocenters. The summed E-state index contributed by atoms with van der Waals surface area (Å²) >= 11 is 0. The molecule has 2 aromatic rings. The minimum absolute atomic E-state index is 0.0993. The van der Waals surface area contributed by atoms with Gasteiger partial charge in [0.2, 0.25) is 0 Å². The van der Waals surface area contributed by atoms with Crippen molar-refractivity contribution in [3.8, 4) is 5.75 Å². The first-order chi connectivity index (χ1) is 17.2. The second kappa shape index (κ2) is 9.50. The molecule has 2 aliphatic rings. The van der Waals surface area contributed by atoms with Crippen molar-refractivity contribution in [2.75, 3.05) is 6.61 Å². The summed E-state index contributed by atoms with van der Waals surface area (Å²) in [6.07, 6.45) is -0.759. The van der Waals surface area contributed by atoms with E-state index >= 15 is 0 Å². The summed E-state index contributed by atoms with van der Waals surface area (Å²) in [6, 6.07) is 8.09. The lowest BCUT2D eigenvalue weighted by atomic mass is 9.94. The fourth-order valence-corrected chi connectivity index (χ4v) is 5.89. The van der Waals surface area contributed by atoms with Crippen molar-refractivity contribution >= 4 is 13.7 Å². The monoisotopic (exact) mass is 539 g/mol. The van der Waals surface area contributed by atoms with Gasteiger partial charge >= 0.3 is 19.4 Å². The average Bonchev–Trinajstić information content (AvgIpc) is 3.38. The standard InChI is InChI=1S/C23H30N3O10P/c1-14(2)34-18(28)15(3)25-37(32,36-16-8-6-5-7-9-16)33-13-22-12-23(22,31)21(4,30)19(35-22)26-11-10-17(27)24-20(26)29/h5-11,14-15,19,30-31H,12-13H2,1-4H3,(H,25,32)(H,24,27,29)/t15?,19-,21+,22-,23+,37?/m1/s1. The molecule has 0 amide bonds. The van der Waals surface area contributed by atoms with E-state index in [2.05, 4.69) is 10.1 Å². The largest absolute Gasteiger partial charge is 0.462 e. The van der Waals surface area contributed by atoms with Crippen molar-refractivity contribution in [2.24, 2.45) is 0 Å². The number of aromatic amines is 1. The van der Waals surface area contributed by atoms with Gasteiger partial charge in [0.05, 0.1) is 12.7 Å². The van der Waals surface area contributed by atoms with E-state index in [4.69, 9.17) is 18.5 Å². The number of carbonyl (C=O) groups excluding carboxylic acids is 1. The Labute approximate surface area is 211 Å². The Morgan fingerprint density at radius 1 is 1.24 bits per heavy atom. The molecule has 1 aliphatic carbocycles. The summed E-state index contributed by atoms with van der Waals surface area (Å²) in [5.41, 5.74) is -6.91. The van der Waals surface area contributed by atoms with E-state index in [1.54, 1.807) is 32.0 Å². The summed E-state index contributed by atoms with van der Waals surface area (Å²) in [6.45, 7) is 5.52. The molecule has 0 bridgehead atoms. The lowest BCUT2D eigenvalue weighted by Gasteiger charge is -2.31. The minimum atomic E-state index is -4.28. The minimum Gasteiger partial charge on any atom is -0.462 e. The molecular formula is C23H30N3O10P. The van der Waals surface area contributed by atoms with Crippen molar-refractivity contribution in [2.45, 2.75) is 69.3 Å². The van der Waals surface area contributed by atoms with Crippen LogP contribution in [0.2, 0.25) is 0 Å². The molecule has 4 N–H and O–H groups in total. The number of carbonyl (C=O) groups is 1. The molecule has 2 unspecified atom stereocenters. The van der Waals surface area contributed by atoms with Crippen LogP contribution in [0.5, 0.6) is 5.75 Å². The molecule has 0 spiro atoms. The van der Waals surface area contributed by atoms with Crippen LogP contribution in [0.25, 0.3) is 0 Å². The third-order valence-electron chi connectivity index (χ3n) is 6.42. The third kappa shape index (κ3) is 5.02. The fraction of sp³-hybridized carbons (Fsp3) is 0.522. The van der Waals surface area contributed by atoms with Gasteiger partial charge in [-0.3, -0.25) is 23.7 Å². The van der Waals surface area contributed by atoms with E-state index in [0.717, 1.165) is 16.8 Å². The molecule has 14 heteroatoms. The normalized spacial score (nSPS) is 30.8. The summed E-state index contributed by atoms with van der Waals surface area (Å²) in [4.78, 5) is 38.2. The highest BCUT2D eigenvalue weighted by Crippen LogP contribution is 2.67. The Morgan fingerprint density at radius 2 is 1.92 bits per heavy atom. The molecule has 4 rings (SSSR count). The number of nitrogens with one attached hydrogen (secondary N) is 2. The smallest absolute Gasteiger partial charge is 0.459 e. The Morgan fingerprint density at radius 3 is 2.54 bits per heavy atom. The Hall–Kier alpha value is -2.80. The predicted octanol–water partition coefficient (Wildman–Crippen LogP) is 0.823. The first-order valence-corrected chi connectivity index (χ1v) is 13.2. The Balaban J connectivity index is 1.57. The van der Waals surface area contributed by atoms with Crippen LogP contribution in [-0.2, 0) is 23.4 Å². The molecular weight excluding hydrogens is 509 g/mol. The number of rotatable bonds is 10. The molecule has 1 aromatic heterocycles. The topological polar surface area (TPSA) is 178 Å². The molecule has 202 valence electrons. The second-order valence-electron chi connectivity index (χ2n) is 9.68. The quantitative estimate of drug-likeness (QED) is 0.248. The van der Waals surface area contributed by atoms with Crippen molar-refractivity contribution in [3.05, 3.63) is 63.4 Å². The Kier molecular flexibility index (Phi) is 6.99. The molecule has 1 saturated carbocycles. The number of fused-ring (bicyclic) bond motifs is 1. The van der Waals surface area contributed by atoms with Crippen LogP contribution in [-0.4, -0.2) is 61.3 Å². The van der Waals surface area contributed by atoms with Gasteiger partial charge in [-0.15, -0.1) is 0 Å². The van der Waals surface area contributed by atoms with Crippen LogP contribution in [0.4, 0.5) is 0 Å². The number of hydrogen-bond acceptors (Lipinski definition) is 10. The van der Waals surface area contributed by atoms with Gasteiger partial charge in [0.25, 0.3) is 5.56 Å². The molecule has 2 fully saturated rings. The van der Waals surface area contributed by atoms with Gasteiger partial charge in [0.15, 0.2) is 6.23 Å². The van der Waals surface area contributed by atoms with E-state index in [1.807, 2.05) is 0 Å². The van der Waals surface area contributed by atoms with Gasteiger partial charge in [0, 0.05) is 18.7 Å². The van der Waals surface area contributed by atoms with E-state index in [-0.39, 0.29) is 12.2 Å². The fourth-order valence-electron chi connectivity index (χ4n) is 4.35. The SMILES string of the molecule is CC(C)OC(=O)C(C)NP(=O)(OC[C@]12C[C@]1(O)[C@@](C)(O)[C@H](n1ccc(=O)[nH]c1=O)O2)Oc1ccccc1. The lowest BCUT2D eigenvalue weighted by Crippen LogP contribution is -2.49. The highest BCUT2D eigenvalue weighted by Gasteiger charge is 2.84.